The van der Waals surface area contributed by atoms with Crippen molar-refractivity contribution in [1.82, 2.24) is 8.97 Å². The van der Waals surface area contributed by atoms with Gasteiger partial charge in [0.2, 0.25) is 0 Å². The lowest BCUT2D eigenvalue weighted by Gasteiger charge is -2.15. The van der Waals surface area contributed by atoms with Crippen molar-refractivity contribution in [3.63, 3.8) is 0 Å². The van der Waals surface area contributed by atoms with E-state index in [4.69, 9.17) is 23.8 Å². The van der Waals surface area contributed by atoms with Gasteiger partial charge in [-0.25, -0.2) is 0 Å². The number of aromatic nitrogens is 2. The largest absolute Gasteiger partial charge is 0.345 e. The van der Waals surface area contributed by atoms with Crippen LogP contribution < -0.4 is 5.32 Å². The summed E-state index contributed by atoms with van der Waals surface area (Å²) in [6.07, 6.45) is 5.59. The van der Waals surface area contributed by atoms with E-state index in [0.29, 0.717) is 0 Å². The summed E-state index contributed by atoms with van der Waals surface area (Å²) in [5, 5.41) is 4.36. The van der Waals surface area contributed by atoms with Crippen LogP contribution in [0.1, 0.15) is 40.8 Å². The van der Waals surface area contributed by atoms with Gasteiger partial charge in [0.15, 0.2) is 0 Å². The number of nitrogens with one attached hydrogen (secondary N) is 1. The number of benzene rings is 3. The number of halogens is 1. The Morgan fingerprint density at radius 2 is 1.62 bits per heavy atom. The number of nitrogens with zero attached hydrogens (tertiary/aromatic N) is 2. The van der Waals surface area contributed by atoms with Crippen molar-refractivity contribution in [3.8, 4) is 22.4 Å². The zero-order valence-corrected chi connectivity index (χ0v) is 23.0. The normalized spacial score (nSPS) is 13.1. The number of aryl methyl sites for hydroxylation is 4. The van der Waals surface area contributed by atoms with E-state index in [1.807, 2.05) is 12.1 Å². The number of anilines is 1. The van der Waals surface area contributed by atoms with Crippen molar-refractivity contribution in [3.05, 3.63) is 106 Å². The third-order valence-corrected chi connectivity index (χ3v) is 8.23. The molecule has 0 aliphatic carbocycles. The fourth-order valence-electron chi connectivity index (χ4n) is 5.56. The van der Waals surface area contributed by atoms with Gasteiger partial charge in [-0.2, -0.15) is 0 Å². The van der Waals surface area contributed by atoms with Gasteiger partial charge < -0.3 is 9.88 Å². The molecule has 5 aromatic rings. The second-order valence-electron chi connectivity index (χ2n) is 10.1. The van der Waals surface area contributed by atoms with E-state index in [1.54, 1.807) is 0 Å². The summed E-state index contributed by atoms with van der Waals surface area (Å²) < 4.78 is 4.81. The average molecular weight is 524 g/mol. The van der Waals surface area contributed by atoms with Gasteiger partial charge >= 0.3 is 0 Å². The standard InChI is InChI=1S/C32H30ClN3S/c1-20-10-12-24(13-11-20)29-26-8-4-5-18-35-28(23-14-16-25(33)17-15-23)19-36(32(26)35)30(29)31(37)34-27-9-6-7-21(2)22(27)3/h6-7,9-17,19H,4-5,8,18H2,1-3H3,(H,34,37). The second-order valence-corrected chi connectivity index (χ2v) is 10.9. The van der Waals surface area contributed by atoms with Crippen LogP contribution in [0.15, 0.2) is 72.9 Å². The average Bonchev–Trinajstić information content (AvgIpc) is 3.30. The summed E-state index contributed by atoms with van der Waals surface area (Å²) in [5.74, 6) is 0. The quantitative estimate of drug-likeness (QED) is 0.238. The molecule has 3 heterocycles. The van der Waals surface area contributed by atoms with Crippen LogP contribution in [0, 0.1) is 20.8 Å². The molecule has 0 amide bonds. The zero-order valence-electron chi connectivity index (χ0n) is 21.4. The molecule has 0 atom stereocenters. The highest BCUT2D eigenvalue weighted by Gasteiger charge is 2.28. The van der Waals surface area contributed by atoms with Gasteiger partial charge in [-0.05, 0) is 80.5 Å². The first-order chi connectivity index (χ1) is 17.9. The zero-order chi connectivity index (χ0) is 25.7. The Kier molecular flexibility index (Phi) is 6.18. The third kappa shape index (κ3) is 4.18. The fraction of sp³-hybridized carbons (Fsp3) is 0.219. The molecule has 3 nitrogen and oxygen atoms in total. The van der Waals surface area contributed by atoms with E-state index in [0.717, 1.165) is 52.8 Å². The molecule has 5 heteroatoms. The first-order valence-corrected chi connectivity index (χ1v) is 13.7. The highest BCUT2D eigenvalue weighted by atomic mass is 35.5. The molecule has 1 aliphatic rings. The van der Waals surface area contributed by atoms with Crippen molar-refractivity contribution < 1.29 is 0 Å². The maximum Gasteiger partial charge on any atom is 0.128 e. The van der Waals surface area contributed by atoms with E-state index in [-0.39, 0.29) is 0 Å². The van der Waals surface area contributed by atoms with Gasteiger partial charge in [-0.3, -0.25) is 4.40 Å². The molecule has 3 aromatic carbocycles. The molecule has 37 heavy (non-hydrogen) atoms. The minimum atomic E-state index is 0.742. The summed E-state index contributed by atoms with van der Waals surface area (Å²) in [5.41, 5.74) is 13.3. The second kappa shape index (κ2) is 9.51. The van der Waals surface area contributed by atoms with Crippen LogP contribution in [0.4, 0.5) is 5.69 Å². The van der Waals surface area contributed by atoms with Crippen LogP contribution in [0.25, 0.3) is 28.0 Å². The first-order valence-electron chi connectivity index (χ1n) is 12.9. The molecule has 186 valence electrons. The minimum Gasteiger partial charge on any atom is -0.345 e. The molecule has 0 fully saturated rings. The van der Waals surface area contributed by atoms with E-state index in [1.165, 1.54) is 44.7 Å². The van der Waals surface area contributed by atoms with Gasteiger partial charge in [-0.15, -0.1) is 0 Å². The predicted molar refractivity (Wildman–Crippen MR) is 160 cm³/mol. The summed E-state index contributed by atoms with van der Waals surface area (Å²) in [7, 11) is 0. The number of hydrogen-bond acceptors (Lipinski definition) is 1. The Bertz CT molecular complexity index is 1640. The molecular formula is C32H30ClN3S. The summed E-state index contributed by atoms with van der Waals surface area (Å²) in [6.45, 7) is 7.40. The van der Waals surface area contributed by atoms with Crippen molar-refractivity contribution in [2.24, 2.45) is 0 Å². The highest BCUT2D eigenvalue weighted by molar-refractivity contribution is 7.81. The number of imidazole rings is 1. The van der Waals surface area contributed by atoms with Crippen LogP contribution in [-0.4, -0.2) is 14.0 Å². The molecule has 0 saturated heterocycles. The molecule has 0 spiro atoms. The summed E-state index contributed by atoms with van der Waals surface area (Å²) in [4.78, 5) is 0.742. The molecular weight excluding hydrogens is 494 g/mol. The third-order valence-electron chi connectivity index (χ3n) is 7.68. The van der Waals surface area contributed by atoms with Gasteiger partial charge in [0, 0.05) is 34.6 Å². The van der Waals surface area contributed by atoms with Crippen LogP contribution in [-0.2, 0) is 13.0 Å². The molecule has 1 N–H and O–H groups in total. The van der Waals surface area contributed by atoms with E-state index in [9.17, 15) is 0 Å². The minimum absolute atomic E-state index is 0.742. The molecule has 0 unspecified atom stereocenters. The lowest BCUT2D eigenvalue weighted by molar-refractivity contribution is 0.647. The SMILES string of the molecule is Cc1ccc(-c2c3c4n(c(-c5ccc(Cl)cc5)cn4c2C(=S)Nc2cccc(C)c2C)CCCC3)cc1. The van der Waals surface area contributed by atoms with Gasteiger partial charge in [0.05, 0.1) is 11.4 Å². The topological polar surface area (TPSA) is 21.4 Å². The highest BCUT2D eigenvalue weighted by Crippen LogP contribution is 2.40. The van der Waals surface area contributed by atoms with Gasteiger partial charge in [0.1, 0.15) is 10.6 Å². The Balaban J connectivity index is 1.61. The lowest BCUT2D eigenvalue weighted by Crippen LogP contribution is -2.15. The van der Waals surface area contributed by atoms with Crippen molar-refractivity contribution in [2.45, 2.75) is 46.6 Å². The molecule has 0 saturated carbocycles. The summed E-state index contributed by atoms with van der Waals surface area (Å²) >= 11 is 12.4. The Morgan fingerprint density at radius 3 is 2.38 bits per heavy atom. The van der Waals surface area contributed by atoms with Gasteiger partial charge in [-0.1, -0.05) is 77.9 Å². The van der Waals surface area contributed by atoms with Crippen LogP contribution in [0.2, 0.25) is 5.02 Å². The maximum absolute atomic E-state index is 6.22. The number of thiocarbonyl (C=S) groups is 1. The molecule has 6 rings (SSSR count). The van der Waals surface area contributed by atoms with Crippen molar-refractivity contribution in [1.29, 1.82) is 0 Å². The van der Waals surface area contributed by atoms with Crippen LogP contribution in [0.5, 0.6) is 0 Å². The van der Waals surface area contributed by atoms with E-state index >= 15 is 0 Å². The maximum atomic E-state index is 6.22. The van der Waals surface area contributed by atoms with E-state index in [2.05, 4.69) is 95.8 Å². The number of hydrogen-bond donors (Lipinski definition) is 1. The van der Waals surface area contributed by atoms with Gasteiger partial charge in [0.25, 0.3) is 0 Å². The predicted octanol–water partition coefficient (Wildman–Crippen LogP) is 8.78. The van der Waals surface area contributed by atoms with Crippen LogP contribution in [0.3, 0.4) is 0 Å². The van der Waals surface area contributed by atoms with Crippen LogP contribution >= 0.6 is 23.8 Å². The monoisotopic (exact) mass is 523 g/mol. The molecule has 1 aliphatic heterocycles. The Morgan fingerprint density at radius 1 is 0.892 bits per heavy atom. The number of rotatable bonds is 4. The fourth-order valence-corrected chi connectivity index (χ4v) is 6.00. The smallest absolute Gasteiger partial charge is 0.128 e. The Labute approximate surface area is 228 Å². The summed E-state index contributed by atoms with van der Waals surface area (Å²) in [6, 6.07) is 23.3. The lowest BCUT2D eigenvalue weighted by atomic mass is 9.97. The van der Waals surface area contributed by atoms with Crippen molar-refractivity contribution in [2.75, 3.05) is 5.32 Å². The van der Waals surface area contributed by atoms with Crippen molar-refractivity contribution >= 4 is 40.1 Å². The molecule has 0 radical (unpaired) electrons. The first kappa shape index (κ1) is 24.0. The van der Waals surface area contributed by atoms with E-state index < -0.39 is 0 Å². The molecule has 0 bridgehead atoms. The molecule has 2 aromatic heterocycles. The Hall–Kier alpha value is -3.34.